The van der Waals surface area contributed by atoms with Crippen LogP contribution in [0.3, 0.4) is 0 Å². The Labute approximate surface area is 220 Å². The Morgan fingerprint density at radius 1 is 1.17 bits per heavy atom. The Morgan fingerprint density at radius 2 is 1.86 bits per heavy atom. The van der Waals surface area contributed by atoms with Crippen LogP contribution in [0.15, 0.2) is 39.7 Å². The maximum absolute atomic E-state index is 12.7. The van der Waals surface area contributed by atoms with Crippen LogP contribution in [0, 0.1) is 5.92 Å². The Morgan fingerprint density at radius 3 is 2.49 bits per heavy atom. The standard InChI is InChI=1S/C24H31BrClN3O5S/c1-33-23-6-4-17(13-19(23)25)35(31,32)28-9-12-29-10-7-16(8-11-29)3-5-22(30)18-14-20(26)21(27)15-24(18)34-2/h4,6,13-16,28H,3,5,7-12,27H2,1-2H3. The van der Waals surface area contributed by atoms with Crippen molar-refractivity contribution >= 4 is 49.0 Å². The number of likely N-dealkylation sites (tertiary alicyclic amines) is 1. The molecule has 0 aliphatic carbocycles. The number of nitrogen functional groups attached to an aromatic ring is 1. The molecule has 8 nitrogen and oxygen atoms in total. The van der Waals surface area contributed by atoms with Gasteiger partial charge in [0.2, 0.25) is 10.0 Å². The summed E-state index contributed by atoms with van der Waals surface area (Å²) in [6.45, 7) is 2.69. The molecule has 0 saturated carbocycles. The van der Waals surface area contributed by atoms with Gasteiger partial charge in [0.05, 0.1) is 39.9 Å². The van der Waals surface area contributed by atoms with Gasteiger partial charge in [-0.05, 0) is 78.5 Å². The second-order valence-corrected chi connectivity index (χ2v) is 11.5. The van der Waals surface area contributed by atoms with Crippen molar-refractivity contribution in [2.75, 3.05) is 46.1 Å². The lowest BCUT2D eigenvalue weighted by molar-refractivity contribution is 0.0960. The van der Waals surface area contributed by atoms with Crippen LogP contribution < -0.4 is 19.9 Å². The van der Waals surface area contributed by atoms with Gasteiger partial charge in [-0.3, -0.25) is 4.79 Å². The first-order chi connectivity index (χ1) is 16.6. The molecule has 1 aliphatic rings. The summed E-state index contributed by atoms with van der Waals surface area (Å²) in [7, 11) is -0.569. The van der Waals surface area contributed by atoms with Crippen molar-refractivity contribution in [2.24, 2.45) is 5.92 Å². The van der Waals surface area contributed by atoms with Gasteiger partial charge in [-0.1, -0.05) is 11.6 Å². The summed E-state index contributed by atoms with van der Waals surface area (Å²) in [6, 6.07) is 7.82. The van der Waals surface area contributed by atoms with E-state index in [9.17, 15) is 13.2 Å². The molecule has 3 rings (SSSR count). The molecule has 3 N–H and O–H groups in total. The highest BCUT2D eigenvalue weighted by Crippen LogP contribution is 2.31. The fraction of sp³-hybridized carbons (Fsp3) is 0.458. The number of piperidine rings is 1. The van der Waals surface area contributed by atoms with E-state index in [4.69, 9.17) is 26.8 Å². The van der Waals surface area contributed by atoms with Crippen LogP contribution in [0.2, 0.25) is 5.02 Å². The molecule has 0 bridgehead atoms. The quantitative estimate of drug-likeness (QED) is 0.296. The van der Waals surface area contributed by atoms with Gasteiger partial charge in [-0.2, -0.15) is 0 Å². The first-order valence-corrected chi connectivity index (χ1v) is 14.0. The molecule has 0 spiro atoms. The zero-order valence-electron chi connectivity index (χ0n) is 19.9. The summed E-state index contributed by atoms with van der Waals surface area (Å²) in [5.41, 5.74) is 6.64. The predicted molar refractivity (Wildman–Crippen MR) is 141 cm³/mol. The molecule has 2 aromatic rings. The van der Waals surface area contributed by atoms with Crippen molar-refractivity contribution in [3.8, 4) is 11.5 Å². The molecule has 0 atom stereocenters. The van der Waals surface area contributed by atoms with Crippen molar-refractivity contribution in [1.82, 2.24) is 9.62 Å². The van der Waals surface area contributed by atoms with Crippen molar-refractivity contribution in [2.45, 2.75) is 30.6 Å². The highest BCUT2D eigenvalue weighted by atomic mass is 79.9. The van der Waals surface area contributed by atoms with Gasteiger partial charge in [0, 0.05) is 25.6 Å². The highest BCUT2D eigenvalue weighted by molar-refractivity contribution is 9.10. The summed E-state index contributed by atoms with van der Waals surface area (Å²) in [4.78, 5) is 15.2. The van der Waals surface area contributed by atoms with Crippen molar-refractivity contribution in [3.05, 3.63) is 45.4 Å². The van der Waals surface area contributed by atoms with Crippen molar-refractivity contribution in [1.29, 1.82) is 0 Å². The lowest BCUT2D eigenvalue weighted by Gasteiger charge is -2.31. The van der Waals surface area contributed by atoms with Gasteiger partial charge in [-0.15, -0.1) is 0 Å². The third-order valence-electron chi connectivity index (χ3n) is 6.26. The number of Topliss-reactive ketones (excluding diaryl/α,β-unsaturated/α-hetero) is 1. The van der Waals surface area contributed by atoms with E-state index < -0.39 is 10.0 Å². The number of nitrogens with two attached hydrogens (primary N) is 1. The second kappa shape index (κ2) is 12.4. The van der Waals surface area contributed by atoms with Gasteiger partial charge >= 0.3 is 0 Å². The van der Waals surface area contributed by atoms with Gasteiger partial charge in [0.25, 0.3) is 0 Å². The van der Waals surface area contributed by atoms with E-state index in [-0.39, 0.29) is 10.7 Å². The maximum atomic E-state index is 12.7. The third-order valence-corrected chi connectivity index (χ3v) is 8.67. The minimum absolute atomic E-state index is 0.00856. The number of anilines is 1. The topological polar surface area (TPSA) is 111 Å². The number of benzene rings is 2. The summed E-state index contributed by atoms with van der Waals surface area (Å²) in [6.07, 6.45) is 3.13. The number of ether oxygens (including phenoxy) is 2. The number of hydrogen-bond acceptors (Lipinski definition) is 7. The number of halogens is 2. The molecule has 192 valence electrons. The van der Waals surface area contributed by atoms with E-state index in [1.807, 2.05) is 0 Å². The molecule has 0 radical (unpaired) electrons. The molecule has 1 aliphatic heterocycles. The molecule has 0 aromatic heterocycles. The maximum Gasteiger partial charge on any atom is 0.240 e. The lowest BCUT2D eigenvalue weighted by Crippen LogP contribution is -2.39. The smallest absolute Gasteiger partial charge is 0.240 e. The number of hydrogen-bond donors (Lipinski definition) is 2. The highest BCUT2D eigenvalue weighted by Gasteiger charge is 2.22. The average molecular weight is 589 g/mol. The van der Waals surface area contributed by atoms with E-state index in [0.29, 0.717) is 57.7 Å². The van der Waals surface area contributed by atoms with Crippen molar-refractivity contribution in [3.63, 3.8) is 0 Å². The molecular weight excluding hydrogens is 558 g/mol. The van der Waals surface area contributed by atoms with E-state index in [1.54, 1.807) is 18.2 Å². The van der Waals surface area contributed by atoms with Crippen molar-refractivity contribution < 1.29 is 22.7 Å². The Balaban J connectivity index is 1.42. The number of carbonyl (C=O) groups excluding carboxylic acids is 1. The van der Waals surface area contributed by atoms with E-state index in [1.165, 1.54) is 26.4 Å². The molecule has 1 saturated heterocycles. The van der Waals surface area contributed by atoms with E-state index in [0.717, 1.165) is 32.4 Å². The SMILES string of the molecule is COc1ccc(S(=O)(=O)NCCN2CCC(CCC(=O)c3cc(Cl)c(N)cc3OC)CC2)cc1Br. The molecule has 0 unspecified atom stereocenters. The van der Waals surface area contributed by atoms with Crippen LogP contribution in [-0.4, -0.2) is 59.5 Å². The molecule has 2 aromatic carbocycles. The molecule has 1 heterocycles. The fourth-order valence-electron chi connectivity index (χ4n) is 4.16. The Kier molecular flexibility index (Phi) is 9.83. The van der Waals surface area contributed by atoms with Gasteiger partial charge in [0.1, 0.15) is 11.5 Å². The number of carbonyl (C=O) groups is 1. The Bertz CT molecular complexity index is 1150. The Hall–Kier alpha value is -1.85. The summed E-state index contributed by atoms with van der Waals surface area (Å²) >= 11 is 9.41. The first kappa shape index (κ1) is 27.7. The van der Waals surface area contributed by atoms with Crippen LogP contribution >= 0.6 is 27.5 Å². The number of rotatable bonds is 11. The van der Waals surface area contributed by atoms with Gasteiger partial charge in [-0.25, -0.2) is 13.1 Å². The summed E-state index contributed by atoms with van der Waals surface area (Å²) in [5, 5.41) is 0.345. The van der Waals surface area contributed by atoms with Crippen LogP contribution in [0.25, 0.3) is 0 Å². The number of methoxy groups -OCH3 is 2. The first-order valence-electron chi connectivity index (χ1n) is 11.4. The average Bonchev–Trinajstić information content (AvgIpc) is 2.84. The number of nitrogens with one attached hydrogen (secondary N) is 1. The number of sulfonamides is 1. The summed E-state index contributed by atoms with van der Waals surface area (Å²) < 4.78 is 38.9. The zero-order chi connectivity index (χ0) is 25.6. The van der Waals surface area contributed by atoms with Gasteiger partial charge < -0.3 is 20.1 Å². The second-order valence-electron chi connectivity index (χ2n) is 8.51. The molecule has 0 amide bonds. The molecule has 1 fully saturated rings. The van der Waals surface area contributed by atoms with Gasteiger partial charge in [0.15, 0.2) is 5.78 Å². The number of nitrogens with zero attached hydrogens (tertiary/aromatic N) is 1. The van der Waals surface area contributed by atoms with E-state index in [2.05, 4.69) is 25.6 Å². The molecule has 11 heteroatoms. The van der Waals surface area contributed by atoms with Crippen LogP contribution in [0.4, 0.5) is 5.69 Å². The lowest BCUT2D eigenvalue weighted by atomic mass is 9.90. The predicted octanol–water partition coefficient (Wildman–Crippen LogP) is 4.36. The minimum Gasteiger partial charge on any atom is -0.496 e. The summed E-state index contributed by atoms with van der Waals surface area (Å²) in [5.74, 6) is 1.45. The number of ketones is 1. The molecule has 35 heavy (non-hydrogen) atoms. The third kappa shape index (κ3) is 7.33. The molecular formula is C24H31BrClN3O5S. The van der Waals surface area contributed by atoms with Crippen LogP contribution in [0.1, 0.15) is 36.0 Å². The van der Waals surface area contributed by atoms with Crippen LogP contribution in [0.5, 0.6) is 11.5 Å². The fourth-order valence-corrected chi connectivity index (χ4v) is 6.06. The monoisotopic (exact) mass is 587 g/mol. The zero-order valence-corrected chi connectivity index (χ0v) is 23.0. The normalized spacial score (nSPS) is 15.2. The van der Waals surface area contributed by atoms with Crippen LogP contribution in [-0.2, 0) is 10.0 Å². The largest absolute Gasteiger partial charge is 0.496 e. The minimum atomic E-state index is -3.60. The van der Waals surface area contributed by atoms with E-state index >= 15 is 0 Å².